The zero-order chi connectivity index (χ0) is 14.2. The maximum absolute atomic E-state index is 11.5. The van der Waals surface area contributed by atoms with Gasteiger partial charge in [-0.2, -0.15) is 0 Å². The molecule has 2 N–H and O–H groups in total. The van der Waals surface area contributed by atoms with Crippen molar-refractivity contribution in [2.45, 2.75) is 6.92 Å². The molecule has 4 nitrogen and oxygen atoms in total. The van der Waals surface area contributed by atoms with Crippen molar-refractivity contribution < 1.29 is 9.53 Å². The second-order valence-electron chi connectivity index (χ2n) is 4.22. The molecular weight excluding hydrogens is 252 g/mol. The lowest BCUT2D eigenvalue weighted by atomic mass is 10.3. The molecule has 0 atom stereocenters. The third-order valence-electron chi connectivity index (χ3n) is 2.67. The molecule has 104 valence electrons. The van der Waals surface area contributed by atoms with Crippen LogP contribution < -0.4 is 15.4 Å². The van der Waals surface area contributed by atoms with Gasteiger partial charge in [0.05, 0.1) is 12.2 Å². The first-order valence-corrected chi connectivity index (χ1v) is 6.62. The fourth-order valence-electron chi connectivity index (χ4n) is 1.75. The van der Waals surface area contributed by atoms with E-state index < -0.39 is 0 Å². The summed E-state index contributed by atoms with van der Waals surface area (Å²) in [6, 6.07) is 17.1. The van der Waals surface area contributed by atoms with Crippen LogP contribution in [0, 0.1) is 0 Å². The van der Waals surface area contributed by atoms with Crippen molar-refractivity contribution in [2.24, 2.45) is 0 Å². The van der Waals surface area contributed by atoms with Gasteiger partial charge in [-0.1, -0.05) is 30.3 Å². The zero-order valence-electron chi connectivity index (χ0n) is 11.4. The number of likely N-dealkylation sites (N-methyl/N-ethyl adjacent to an activating group) is 1. The summed E-state index contributed by atoms with van der Waals surface area (Å²) in [5, 5.41) is 5.82. The summed E-state index contributed by atoms with van der Waals surface area (Å²) in [7, 11) is 0. The molecule has 2 aromatic carbocycles. The predicted molar refractivity (Wildman–Crippen MR) is 80.1 cm³/mol. The largest absolute Gasteiger partial charge is 0.455 e. The first-order chi connectivity index (χ1) is 9.79. The number of anilines is 1. The van der Waals surface area contributed by atoms with Crippen molar-refractivity contribution in [3.05, 3.63) is 54.6 Å². The lowest BCUT2D eigenvalue weighted by Crippen LogP contribution is -2.29. The Bertz CT molecular complexity index is 555. The van der Waals surface area contributed by atoms with Crippen LogP contribution >= 0.6 is 0 Å². The number of rotatable bonds is 6. The maximum Gasteiger partial charge on any atom is 0.239 e. The van der Waals surface area contributed by atoms with Crippen LogP contribution in [0.1, 0.15) is 6.92 Å². The van der Waals surface area contributed by atoms with Crippen molar-refractivity contribution in [1.82, 2.24) is 5.32 Å². The Morgan fingerprint density at radius 2 is 1.75 bits per heavy atom. The molecule has 20 heavy (non-hydrogen) atoms. The minimum atomic E-state index is -0.0398. The van der Waals surface area contributed by atoms with Crippen LogP contribution in [0.2, 0.25) is 0 Å². The fraction of sp³-hybridized carbons (Fsp3) is 0.188. The summed E-state index contributed by atoms with van der Waals surface area (Å²) in [5.74, 6) is 1.42. The Morgan fingerprint density at radius 3 is 2.50 bits per heavy atom. The highest BCUT2D eigenvalue weighted by molar-refractivity contribution is 5.81. The van der Waals surface area contributed by atoms with Gasteiger partial charge in [0.15, 0.2) is 5.75 Å². The third-order valence-corrected chi connectivity index (χ3v) is 2.67. The zero-order valence-corrected chi connectivity index (χ0v) is 11.4. The molecule has 0 radical (unpaired) electrons. The van der Waals surface area contributed by atoms with Gasteiger partial charge in [-0.25, -0.2) is 0 Å². The third kappa shape index (κ3) is 4.02. The van der Waals surface area contributed by atoms with E-state index in [0.717, 1.165) is 11.4 Å². The molecule has 4 heteroatoms. The van der Waals surface area contributed by atoms with E-state index in [1.54, 1.807) is 0 Å². The molecule has 0 aliphatic rings. The molecule has 2 rings (SSSR count). The van der Waals surface area contributed by atoms with Gasteiger partial charge in [0.25, 0.3) is 0 Å². The SMILES string of the molecule is CCNC(=O)CNc1ccccc1Oc1ccccc1. The Hall–Kier alpha value is -2.49. The fourth-order valence-corrected chi connectivity index (χ4v) is 1.75. The Labute approximate surface area is 118 Å². The molecule has 0 unspecified atom stereocenters. The second-order valence-corrected chi connectivity index (χ2v) is 4.22. The van der Waals surface area contributed by atoms with Crippen molar-refractivity contribution in [1.29, 1.82) is 0 Å². The van der Waals surface area contributed by atoms with Crippen LogP contribution in [-0.4, -0.2) is 19.0 Å². The number of para-hydroxylation sites is 3. The van der Waals surface area contributed by atoms with Gasteiger partial charge in [-0.3, -0.25) is 4.79 Å². The standard InChI is InChI=1S/C16H18N2O2/c1-2-17-16(19)12-18-14-10-6-7-11-15(14)20-13-8-4-3-5-9-13/h3-11,18H,2,12H2,1H3,(H,17,19). The molecule has 0 aliphatic carbocycles. The van der Waals surface area contributed by atoms with Crippen molar-refractivity contribution in [2.75, 3.05) is 18.4 Å². The number of nitrogens with one attached hydrogen (secondary N) is 2. The molecule has 0 saturated carbocycles. The van der Waals surface area contributed by atoms with E-state index in [-0.39, 0.29) is 12.5 Å². The second kappa shape index (κ2) is 7.19. The van der Waals surface area contributed by atoms with E-state index in [1.807, 2.05) is 61.5 Å². The normalized spacial score (nSPS) is 9.85. The Morgan fingerprint density at radius 1 is 1.05 bits per heavy atom. The van der Waals surface area contributed by atoms with Gasteiger partial charge in [0.2, 0.25) is 5.91 Å². The minimum Gasteiger partial charge on any atom is -0.455 e. The van der Waals surface area contributed by atoms with Gasteiger partial charge in [-0.15, -0.1) is 0 Å². The number of carbonyl (C=O) groups excluding carboxylic acids is 1. The van der Waals surface area contributed by atoms with Crippen LogP contribution in [0.15, 0.2) is 54.6 Å². The highest BCUT2D eigenvalue weighted by atomic mass is 16.5. The molecule has 0 spiro atoms. The quantitative estimate of drug-likeness (QED) is 0.848. The first-order valence-electron chi connectivity index (χ1n) is 6.62. The van der Waals surface area contributed by atoms with Gasteiger partial charge in [0, 0.05) is 6.54 Å². The van der Waals surface area contributed by atoms with Crippen LogP contribution in [0.3, 0.4) is 0 Å². The summed E-state index contributed by atoms with van der Waals surface area (Å²) >= 11 is 0. The molecule has 0 fully saturated rings. The number of hydrogen-bond donors (Lipinski definition) is 2. The van der Waals surface area contributed by atoms with Gasteiger partial charge < -0.3 is 15.4 Å². The van der Waals surface area contributed by atoms with Crippen LogP contribution in [0.5, 0.6) is 11.5 Å². The monoisotopic (exact) mass is 270 g/mol. The van der Waals surface area contributed by atoms with Crippen molar-refractivity contribution >= 4 is 11.6 Å². The average Bonchev–Trinajstić information content (AvgIpc) is 2.48. The van der Waals surface area contributed by atoms with E-state index in [1.165, 1.54) is 0 Å². The average molecular weight is 270 g/mol. The molecule has 0 bridgehead atoms. The summed E-state index contributed by atoms with van der Waals surface area (Å²) in [4.78, 5) is 11.5. The van der Waals surface area contributed by atoms with Gasteiger partial charge in [-0.05, 0) is 31.2 Å². The van der Waals surface area contributed by atoms with Crippen molar-refractivity contribution in [3.63, 3.8) is 0 Å². The number of benzene rings is 2. The smallest absolute Gasteiger partial charge is 0.239 e. The molecule has 0 aromatic heterocycles. The van der Waals surface area contributed by atoms with E-state index in [2.05, 4.69) is 10.6 Å². The van der Waals surface area contributed by atoms with E-state index in [0.29, 0.717) is 12.3 Å². The highest BCUT2D eigenvalue weighted by Crippen LogP contribution is 2.28. The van der Waals surface area contributed by atoms with Crippen LogP contribution in [0.4, 0.5) is 5.69 Å². The molecule has 0 aliphatic heterocycles. The van der Waals surface area contributed by atoms with Crippen LogP contribution in [0.25, 0.3) is 0 Å². The number of ether oxygens (including phenoxy) is 1. The van der Waals surface area contributed by atoms with E-state index >= 15 is 0 Å². The predicted octanol–water partition coefficient (Wildman–Crippen LogP) is 3.03. The van der Waals surface area contributed by atoms with E-state index in [9.17, 15) is 4.79 Å². The summed E-state index contributed by atoms with van der Waals surface area (Å²) in [6.45, 7) is 2.75. The Balaban J connectivity index is 2.04. The maximum atomic E-state index is 11.5. The summed E-state index contributed by atoms with van der Waals surface area (Å²) in [6.07, 6.45) is 0. The molecular formula is C16H18N2O2. The topological polar surface area (TPSA) is 50.4 Å². The lowest BCUT2D eigenvalue weighted by Gasteiger charge is -2.12. The summed E-state index contributed by atoms with van der Waals surface area (Å²) < 4.78 is 5.81. The minimum absolute atomic E-state index is 0.0398. The molecule has 0 saturated heterocycles. The molecule has 2 aromatic rings. The Kier molecular flexibility index (Phi) is 5.00. The number of hydrogen-bond acceptors (Lipinski definition) is 3. The number of amides is 1. The summed E-state index contributed by atoms with van der Waals surface area (Å²) in [5.41, 5.74) is 0.794. The lowest BCUT2D eigenvalue weighted by molar-refractivity contribution is -0.119. The molecule has 0 heterocycles. The number of carbonyl (C=O) groups is 1. The van der Waals surface area contributed by atoms with Gasteiger partial charge >= 0.3 is 0 Å². The first kappa shape index (κ1) is 13.9. The van der Waals surface area contributed by atoms with Crippen LogP contribution in [-0.2, 0) is 4.79 Å². The highest BCUT2D eigenvalue weighted by Gasteiger charge is 2.05. The van der Waals surface area contributed by atoms with Crippen molar-refractivity contribution in [3.8, 4) is 11.5 Å². The molecule has 1 amide bonds. The van der Waals surface area contributed by atoms with E-state index in [4.69, 9.17) is 4.74 Å². The van der Waals surface area contributed by atoms with Gasteiger partial charge in [0.1, 0.15) is 5.75 Å².